The molecular formula is C12H8BrF3N2O. The number of halogens is 4. The van der Waals surface area contributed by atoms with Gasteiger partial charge in [-0.3, -0.25) is 9.78 Å². The van der Waals surface area contributed by atoms with E-state index in [9.17, 15) is 18.0 Å². The van der Waals surface area contributed by atoms with Crippen molar-refractivity contribution in [3.05, 3.63) is 52.5 Å². The molecule has 0 aromatic carbocycles. The van der Waals surface area contributed by atoms with Crippen LogP contribution < -0.4 is 0 Å². The fourth-order valence-electron chi connectivity index (χ4n) is 1.52. The van der Waals surface area contributed by atoms with Gasteiger partial charge in [-0.15, -0.1) is 0 Å². The number of pyridine rings is 1. The molecule has 0 aliphatic heterocycles. The predicted octanol–water partition coefficient (Wildman–Crippen LogP) is 3.44. The number of hydrogen-bond donors (Lipinski definition) is 0. The lowest BCUT2D eigenvalue weighted by molar-refractivity contribution is -0.0885. The van der Waals surface area contributed by atoms with Crippen LogP contribution in [0.3, 0.4) is 0 Å². The van der Waals surface area contributed by atoms with Crippen molar-refractivity contribution in [2.45, 2.75) is 12.7 Å². The number of aromatic nitrogens is 2. The van der Waals surface area contributed by atoms with Crippen LogP contribution in [-0.4, -0.2) is 21.5 Å². The summed E-state index contributed by atoms with van der Waals surface area (Å²) in [5.41, 5.74) is 0.314. The van der Waals surface area contributed by atoms with Crippen molar-refractivity contribution in [1.82, 2.24) is 9.55 Å². The fourth-order valence-corrected chi connectivity index (χ4v) is 1.76. The van der Waals surface area contributed by atoms with Crippen molar-refractivity contribution in [2.75, 3.05) is 0 Å². The van der Waals surface area contributed by atoms with E-state index in [1.54, 1.807) is 18.3 Å². The molecule has 2 heterocycles. The predicted molar refractivity (Wildman–Crippen MR) is 65.9 cm³/mol. The first-order valence-electron chi connectivity index (χ1n) is 5.24. The maximum absolute atomic E-state index is 12.2. The van der Waals surface area contributed by atoms with E-state index in [0.717, 1.165) is 10.5 Å². The molecule has 19 heavy (non-hydrogen) atoms. The third kappa shape index (κ3) is 3.44. The van der Waals surface area contributed by atoms with Crippen LogP contribution in [-0.2, 0) is 6.54 Å². The van der Waals surface area contributed by atoms with Crippen LogP contribution in [0, 0.1) is 0 Å². The second-order valence-corrected chi connectivity index (χ2v) is 4.78. The van der Waals surface area contributed by atoms with Crippen LogP contribution in [0.25, 0.3) is 0 Å². The van der Waals surface area contributed by atoms with Gasteiger partial charge in [0.25, 0.3) is 5.78 Å². The van der Waals surface area contributed by atoms with Gasteiger partial charge in [-0.1, -0.05) is 0 Å². The highest BCUT2D eigenvalue weighted by molar-refractivity contribution is 9.10. The summed E-state index contributed by atoms with van der Waals surface area (Å²) in [5, 5.41) is 0. The highest BCUT2D eigenvalue weighted by Crippen LogP contribution is 2.21. The maximum atomic E-state index is 12.2. The van der Waals surface area contributed by atoms with Crippen molar-refractivity contribution in [3.8, 4) is 0 Å². The number of carbonyl (C=O) groups excluding carboxylic acids is 1. The number of hydrogen-bond acceptors (Lipinski definition) is 2. The molecule has 0 saturated carbocycles. The Bertz CT molecular complexity index is 590. The first-order chi connectivity index (χ1) is 8.86. The highest BCUT2D eigenvalue weighted by atomic mass is 79.9. The summed E-state index contributed by atoms with van der Waals surface area (Å²) < 4.78 is 39.0. The van der Waals surface area contributed by atoms with Gasteiger partial charge in [0.2, 0.25) is 0 Å². The van der Waals surface area contributed by atoms with E-state index in [1.165, 1.54) is 17.0 Å². The number of carbonyl (C=O) groups is 1. The van der Waals surface area contributed by atoms with Crippen molar-refractivity contribution in [2.24, 2.45) is 0 Å². The lowest BCUT2D eigenvalue weighted by Crippen LogP contribution is -2.22. The third-order valence-corrected chi connectivity index (χ3v) is 2.87. The average molecular weight is 333 g/mol. The van der Waals surface area contributed by atoms with Gasteiger partial charge in [-0.05, 0) is 34.1 Å². The van der Waals surface area contributed by atoms with Crippen molar-refractivity contribution < 1.29 is 18.0 Å². The summed E-state index contributed by atoms with van der Waals surface area (Å²) in [7, 11) is 0. The molecule has 0 radical (unpaired) electrons. The van der Waals surface area contributed by atoms with Gasteiger partial charge in [0.05, 0.1) is 12.2 Å². The Hall–Kier alpha value is -1.63. The largest absolute Gasteiger partial charge is 0.454 e. The lowest BCUT2D eigenvalue weighted by atomic mass is 10.2. The van der Waals surface area contributed by atoms with Gasteiger partial charge in [-0.2, -0.15) is 13.2 Å². The molecule has 2 rings (SSSR count). The molecule has 3 nitrogen and oxygen atoms in total. The Kier molecular flexibility index (Phi) is 3.75. The molecule has 0 unspecified atom stereocenters. The molecule has 0 bridgehead atoms. The van der Waals surface area contributed by atoms with Crippen LogP contribution in [0.1, 0.15) is 16.1 Å². The van der Waals surface area contributed by atoms with Crippen molar-refractivity contribution >= 4 is 21.7 Å². The molecule has 0 fully saturated rings. The maximum Gasteiger partial charge on any atom is 0.454 e. The Morgan fingerprint density at radius 3 is 2.63 bits per heavy atom. The normalized spacial score (nSPS) is 11.6. The van der Waals surface area contributed by atoms with E-state index in [4.69, 9.17) is 0 Å². The summed E-state index contributed by atoms with van der Waals surface area (Å²) >= 11 is 3.24. The number of alkyl halides is 3. The zero-order chi connectivity index (χ0) is 14.0. The minimum atomic E-state index is -4.85. The average Bonchev–Trinajstić information content (AvgIpc) is 2.78. The Labute approximate surface area is 115 Å². The SMILES string of the molecule is O=C(c1ccn(Cc2ccc(Br)cn2)c1)C(F)(F)F. The van der Waals surface area contributed by atoms with E-state index in [-0.39, 0.29) is 5.56 Å². The molecule has 0 aliphatic carbocycles. The summed E-state index contributed by atoms with van der Waals surface area (Å²) in [4.78, 5) is 15.1. The quantitative estimate of drug-likeness (QED) is 0.807. The fraction of sp³-hybridized carbons (Fsp3) is 0.167. The number of ketones is 1. The third-order valence-electron chi connectivity index (χ3n) is 2.40. The number of Topliss-reactive ketones (excluding diaryl/α,β-unsaturated/α-hetero) is 1. The molecule has 2 aromatic heterocycles. The Balaban J connectivity index is 2.14. The minimum Gasteiger partial charge on any atom is -0.348 e. The van der Waals surface area contributed by atoms with E-state index in [1.807, 2.05) is 0 Å². The standard InChI is InChI=1S/C12H8BrF3N2O/c13-9-1-2-10(17-5-9)7-18-4-3-8(6-18)11(19)12(14,15)16/h1-6H,7H2. The molecule has 0 N–H and O–H groups in total. The van der Waals surface area contributed by atoms with Gasteiger partial charge in [0.15, 0.2) is 0 Å². The van der Waals surface area contributed by atoms with Gasteiger partial charge in [0.1, 0.15) is 0 Å². The highest BCUT2D eigenvalue weighted by Gasteiger charge is 2.39. The second-order valence-electron chi connectivity index (χ2n) is 3.87. The first kappa shape index (κ1) is 13.8. The molecule has 0 atom stereocenters. The Morgan fingerprint density at radius 2 is 2.05 bits per heavy atom. The minimum absolute atomic E-state index is 0.304. The Morgan fingerprint density at radius 1 is 1.32 bits per heavy atom. The van der Waals surface area contributed by atoms with Crippen molar-refractivity contribution in [3.63, 3.8) is 0 Å². The summed E-state index contributed by atoms with van der Waals surface area (Å²) in [5.74, 6) is -1.84. The summed E-state index contributed by atoms with van der Waals surface area (Å²) in [6.07, 6.45) is -0.662. The molecule has 7 heteroatoms. The summed E-state index contributed by atoms with van der Waals surface area (Å²) in [6.45, 7) is 0.304. The van der Waals surface area contributed by atoms with Crippen LogP contribution in [0.4, 0.5) is 13.2 Å². The van der Waals surface area contributed by atoms with E-state index < -0.39 is 12.0 Å². The monoisotopic (exact) mass is 332 g/mol. The van der Waals surface area contributed by atoms with E-state index in [2.05, 4.69) is 20.9 Å². The molecule has 0 aliphatic rings. The number of rotatable bonds is 3. The van der Waals surface area contributed by atoms with Gasteiger partial charge in [0, 0.05) is 28.6 Å². The van der Waals surface area contributed by atoms with Gasteiger partial charge in [-0.25, -0.2) is 0 Å². The van der Waals surface area contributed by atoms with Crippen LogP contribution >= 0.6 is 15.9 Å². The zero-order valence-electron chi connectivity index (χ0n) is 9.49. The van der Waals surface area contributed by atoms with Crippen LogP contribution in [0.2, 0.25) is 0 Å². The zero-order valence-corrected chi connectivity index (χ0v) is 11.1. The van der Waals surface area contributed by atoms with Crippen LogP contribution in [0.15, 0.2) is 41.3 Å². The molecular weight excluding hydrogens is 325 g/mol. The smallest absolute Gasteiger partial charge is 0.348 e. The lowest BCUT2D eigenvalue weighted by Gasteiger charge is -2.03. The second kappa shape index (κ2) is 5.16. The van der Waals surface area contributed by atoms with Crippen LogP contribution in [0.5, 0.6) is 0 Å². The molecule has 100 valence electrons. The first-order valence-corrected chi connectivity index (χ1v) is 6.03. The van der Waals surface area contributed by atoms with E-state index >= 15 is 0 Å². The molecule has 0 spiro atoms. The topological polar surface area (TPSA) is 34.9 Å². The summed E-state index contributed by atoms with van der Waals surface area (Å²) in [6, 6.07) is 4.68. The van der Waals surface area contributed by atoms with Gasteiger partial charge >= 0.3 is 6.18 Å². The molecule has 0 saturated heterocycles. The van der Waals surface area contributed by atoms with Crippen molar-refractivity contribution in [1.29, 1.82) is 0 Å². The van der Waals surface area contributed by atoms with Gasteiger partial charge < -0.3 is 4.57 Å². The molecule has 0 amide bonds. The van der Waals surface area contributed by atoms with E-state index in [0.29, 0.717) is 12.2 Å². The molecule has 2 aromatic rings. The number of nitrogens with zero attached hydrogens (tertiary/aromatic N) is 2.